The van der Waals surface area contributed by atoms with E-state index in [9.17, 15) is 0 Å². The summed E-state index contributed by atoms with van der Waals surface area (Å²) in [6.07, 6.45) is 1.16. The van der Waals surface area contributed by atoms with E-state index in [0.717, 1.165) is 22.8 Å². The Balaban J connectivity index is 3.58. The van der Waals surface area contributed by atoms with Gasteiger partial charge < -0.3 is 4.43 Å². The summed E-state index contributed by atoms with van der Waals surface area (Å²) in [5.74, 6) is 0.744. The van der Waals surface area contributed by atoms with Crippen molar-refractivity contribution in [2.75, 3.05) is 0 Å². The van der Waals surface area contributed by atoms with Crippen molar-refractivity contribution in [1.82, 2.24) is 0 Å². The fourth-order valence-electron chi connectivity index (χ4n) is 1.07. The minimum atomic E-state index is 0.125. The molecule has 1 nitrogen and oxygen atoms in total. The van der Waals surface area contributed by atoms with Crippen LogP contribution in [0.3, 0.4) is 0 Å². The van der Waals surface area contributed by atoms with Crippen molar-refractivity contribution < 1.29 is 4.43 Å². The Morgan fingerprint density at radius 1 is 1.44 bits per heavy atom. The highest BCUT2D eigenvalue weighted by Gasteiger charge is 2.16. The molecule has 0 spiro atoms. The topological polar surface area (TPSA) is 9.23 Å². The van der Waals surface area contributed by atoms with E-state index >= 15 is 0 Å². The Bertz CT molecular complexity index is 79.0. The number of hydrogen-bond acceptors (Lipinski definition) is 1. The highest BCUT2D eigenvalue weighted by atomic mass is 28.2. The first-order valence-electron chi connectivity index (χ1n) is 3.53. The van der Waals surface area contributed by atoms with Gasteiger partial charge in [-0.25, -0.2) is 0 Å². The van der Waals surface area contributed by atoms with Crippen LogP contribution in [0, 0.1) is 5.92 Å². The van der Waals surface area contributed by atoms with Gasteiger partial charge >= 0.3 is 0 Å². The first-order chi connectivity index (χ1) is 3.98. The van der Waals surface area contributed by atoms with E-state index in [4.69, 9.17) is 4.43 Å². The summed E-state index contributed by atoms with van der Waals surface area (Å²) in [6.45, 7) is 8.75. The highest BCUT2D eigenvalue weighted by molar-refractivity contribution is 5.98. The Morgan fingerprint density at radius 2 is 1.89 bits per heavy atom. The van der Waals surface area contributed by atoms with E-state index < -0.39 is 0 Å². The molecule has 0 aromatic heterocycles. The molecular formula is C7H18OSi. The van der Waals surface area contributed by atoms with Crippen LogP contribution in [0.15, 0.2) is 0 Å². The minimum Gasteiger partial charge on any atom is -0.423 e. The largest absolute Gasteiger partial charge is 0.423 e. The molecule has 0 aliphatic carbocycles. The first kappa shape index (κ1) is 9.18. The monoisotopic (exact) mass is 146 g/mol. The zero-order chi connectivity index (χ0) is 7.49. The van der Waals surface area contributed by atoms with Gasteiger partial charge in [-0.3, -0.25) is 0 Å². The van der Waals surface area contributed by atoms with Crippen LogP contribution in [0.2, 0.25) is 0 Å². The van der Waals surface area contributed by atoms with Gasteiger partial charge in [0, 0.05) is 5.60 Å². The fourth-order valence-corrected chi connectivity index (χ4v) is 1.23. The van der Waals surface area contributed by atoms with Crippen molar-refractivity contribution >= 4 is 10.5 Å². The molecule has 0 aliphatic heterocycles. The van der Waals surface area contributed by atoms with Gasteiger partial charge in [-0.2, -0.15) is 0 Å². The second kappa shape index (κ2) is 3.37. The Kier molecular flexibility index (Phi) is 3.44. The summed E-state index contributed by atoms with van der Waals surface area (Å²) in [5.41, 5.74) is 0.125. The van der Waals surface area contributed by atoms with E-state index in [1.54, 1.807) is 0 Å². The third kappa shape index (κ3) is 4.67. The molecule has 0 unspecified atom stereocenters. The average Bonchev–Trinajstić information content (AvgIpc) is 1.63. The molecule has 9 heavy (non-hydrogen) atoms. The van der Waals surface area contributed by atoms with E-state index in [1.807, 2.05) is 0 Å². The van der Waals surface area contributed by atoms with Gasteiger partial charge in [0.1, 0.15) is 10.5 Å². The smallest absolute Gasteiger partial charge is 0.146 e. The normalized spacial score (nSPS) is 13.0. The first-order valence-corrected chi connectivity index (χ1v) is 4.35. The van der Waals surface area contributed by atoms with Crippen LogP contribution in [-0.2, 0) is 4.43 Å². The van der Waals surface area contributed by atoms with Crippen molar-refractivity contribution in [3.8, 4) is 0 Å². The third-order valence-corrected chi connectivity index (χ3v) is 2.56. The molecule has 0 N–H and O–H groups in total. The molecule has 0 aromatic carbocycles. The molecule has 0 radical (unpaired) electrons. The molecule has 0 fully saturated rings. The SMILES string of the molecule is CC(C)CC(C)(C)O[SiH3]. The number of rotatable bonds is 3. The summed E-state index contributed by atoms with van der Waals surface area (Å²) in [5, 5.41) is 0. The summed E-state index contributed by atoms with van der Waals surface area (Å²) in [7, 11) is 0.853. The lowest BCUT2D eigenvalue weighted by Gasteiger charge is -2.25. The maximum Gasteiger partial charge on any atom is 0.146 e. The molecule has 0 atom stereocenters. The lowest BCUT2D eigenvalue weighted by molar-refractivity contribution is 0.0972. The predicted molar refractivity (Wildman–Crippen MR) is 44.6 cm³/mol. The molecule has 0 saturated carbocycles. The highest BCUT2D eigenvalue weighted by Crippen LogP contribution is 2.17. The number of hydrogen-bond donors (Lipinski definition) is 0. The van der Waals surface area contributed by atoms with Gasteiger partial charge in [0.25, 0.3) is 0 Å². The van der Waals surface area contributed by atoms with Gasteiger partial charge in [-0.1, -0.05) is 13.8 Å². The van der Waals surface area contributed by atoms with Crippen LogP contribution >= 0.6 is 0 Å². The van der Waals surface area contributed by atoms with Crippen LogP contribution in [0.4, 0.5) is 0 Å². The van der Waals surface area contributed by atoms with Crippen LogP contribution in [0.5, 0.6) is 0 Å². The molecule has 56 valence electrons. The summed E-state index contributed by atoms with van der Waals surface area (Å²) >= 11 is 0. The Labute approximate surface area is 61.3 Å². The molecule has 0 bridgehead atoms. The van der Waals surface area contributed by atoms with Crippen LogP contribution in [-0.4, -0.2) is 16.1 Å². The van der Waals surface area contributed by atoms with Crippen LogP contribution in [0.1, 0.15) is 34.1 Å². The van der Waals surface area contributed by atoms with E-state index in [0.29, 0.717) is 0 Å². The third-order valence-electron chi connectivity index (χ3n) is 1.45. The minimum absolute atomic E-state index is 0.125. The van der Waals surface area contributed by atoms with Crippen molar-refractivity contribution in [1.29, 1.82) is 0 Å². The second-order valence-electron chi connectivity index (χ2n) is 3.56. The molecule has 0 amide bonds. The summed E-state index contributed by atoms with van der Waals surface area (Å²) < 4.78 is 5.39. The molecule has 0 aliphatic rings. The summed E-state index contributed by atoms with van der Waals surface area (Å²) in [6, 6.07) is 0. The van der Waals surface area contributed by atoms with Gasteiger partial charge in [0.2, 0.25) is 0 Å². The molecule has 0 heterocycles. The van der Waals surface area contributed by atoms with Gasteiger partial charge in [0.15, 0.2) is 0 Å². The maximum atomic E-state index is 5.39. The predicted octanol–water partition coefficient (Wildman–Crippen LogP) is 1.11. The van der Waals surface area contributed by atoms with Crippen molar-refractivity contribution in [3.05, 3.63) is 0 Å². The van der Waals surface area contributed by atoms with Gasteiger partial charge in [0.05, 0.1) is 0 Å². The molecule has 2 heteroatoms. The van der Waals surface area contributed by atoms with Gasteiger partial charge in [-0.05, 0) is 26.2 Å². The van der Waals surface area contributed by atoms with E-state index in [1.165, 1.54) is 0 Å². The Morgan fingerprint density at radius 3 is 2.00 bits per heavy atom. The van der Waals surface area contributed by atoms with Crippen LogP contribution in [0.25, 0.3) is 0 Å². The van der Waals surface area contributed by atoms with Crippen molar-refractivity contribution in [2.45, 2.75) is 39.7 Å². The maximum absolute atomic E-state index is 5.39. The van der Waals surface area contributed by atoms with Crippen LogP contribution < -0.4 is 0 Å². The standard InChI is InChI=1S/C7H18OSi/c1-6(2)5-7(3,4)8-9/h6H,5H2,1-4,9H3. The van der Waals surface area contributed by atoms with E-state index in [2.05, 4.69) is 27.7 Å². The molecule has 0 aromatic rings. The van der Waals surface area contributed by atoms with Crippen molar-refractivity contribution in [3.63, 3.8) is 0 Å². The van der Waals surface area contributed by atoms with Crippen molar-refractivity contribution in [2.24, 2.45) is 5.92 Å². The van der Waals surface area contributed by atoms with Gasteiger partial charge in [-0.15, -0.1) is 0 Å². The quantitative estimate of drug-likeness (QED) is 0.542. The summed E-state index contributed by atoms with van der Waals surface area (Å²) in [4.78, 5) is 0. The zero-order valence-corrected chi connectivity index (χ0v) is 9.19. The van der Waals surface area contributed by atoms with E-state index in [-0.39, 0.29) is 5.60 Å². The lowest BCUT2D eigenvalue weighted by Crippen LogP contribution is -2.24. The fraction of sp³-hybridized carbons (Fsp3) is 1.00. The molecular weight excluding hydrogens is 128 g/mol. The second-order valence-corrected chi connectivity index (χ2v) is 3.97. The average molecular weight is 146 g/mol. The molecule has 0 saturated heterocycles. The zero-order valence-electron chi connectivity index (χ0n) is 7.19. The Hall–Kier alpha value is 0.177. The lowest BCUT2D eigenvalue weighted by atomic mass is 9.97. The molecule has 0 rings (SSSR count).